The van der Waals surface area contributed by atoms with Gasteiger partial charge in [-0.25, -0.2) is 13.8 Å². The van der Waals surface area contributed by atoms with Crippen molar-refractivity contribution in [3.8, 4) is 22.6 Å². The highest BCUT2D eigenvalue weighted by Gasteiger charge is 2.13. The number of H-pyrrole nitrogens is 1. The highest BCUT2D eigenvalue weighted by atomic mass is 19.1. The summed E-state index contributed by atoms with van der Waals surface area (Å²) in [5.41, 5.74) is 2.57. The minimum absolute atomic E-state index is 0.0171. The molecular weight excluding hydrogens is 426 g/mol. The molecule has 2 N–H and O–H groups in total. The molecule has 0 atom stereocenters. The van der Waals surface area contributed by atoms with Crippen LogP contribution in [0.5, 0.6) is 11.5 Å². The standard InChI is InChI=1S/C25H16F2N4O2/c26-17-4-1-15(2-5-17)16-3-7-21(30-14-16)25(32)31-18-6-8-23(20(27)13-18)33-22-10-12-29-24-19(22)9-11-28-24/h1-14H,(H,28,29)(H,31,32). The molecule has 0 saturated heterocycles. The van der Waals surface area contributed by atoms with Crippen LogP contribution in [-0.4, -0.2) is 20.9 Å². The largest absolute Gasteiger partial charge is 0.453 e. The van der Waals surface area contributed by atoms with E-state index in [0.717, 1.165) is 16.5 Å². The Balaban J connectivity index is 1.29. The Labute approximate surface area is 186 Å². The number of benzene rings is 2. The van der Waals surface area contributed by atoms with Gasteiger partial charge >= 0.3 is 0 Å². The fraction of sp³-hybridized carbons (Fsp3) is 0. The quantitative estimate of drug-likeness (QED) is 0.353. The number of ether oxygens (including phenoxy) is 1. The van der Waals surface area contributed by atoms with E-state index in [1.54, 1.807) is 54.9 Å². The van der Waals surface area contributed by atoms with Crippen molar-refractivity contribution in [2.24, 2.45) is 0 Å². The van der Waals surface area contributed by atoms with Crippen LogP contribution in [0, 0.1) is 11.6 Å². The molecule has 0 unspecified atom stereocenters. The number of carbonyl (C=O) groups excluding carboxylic acids is 1. The number of nitrogens with zero attached hydrogens (tertiary/aromatic N) is 2. The van der Waals surface area contributed by atoms with Crippen molar-refractivity contribution in [2.45, 2.75) is 0 Å². The molecule has 162 valence electrons. The van der Waals surface area contributed by atoms with Gasteiger partial charge in [-0.05, 0) is 48.0 Å². The first kappa shape index (κ1) is 20.3. The third-order valence-electron chi connectivity index (χ3n) is 5.00. The topological polar surface area (TPSA) is 79.9 Å². The third kappa shape index (κ3) is 4.27. The smallest absolute Gasteiger partial charge is 0.274 e. The Morgan fingerprint density at radius 2 is 1.70 bits per heavy atom. The zero-order valence-corrected chi connectivity index (χ0v) is 17.0. The molecule has 2 aromatic carbocycles. The molecule has 1 amide bonds. The van der Waals surface area contributed by atoms with Gasteiger partial charge in [0, 0.05) is 35.9 Å². The molecular formula is C25H16F2N4O2. The van der Waals surface area contributed by atoms with Crippen molar-refractivity contribution in [3.63, 3.8) is 0 Å². The van der Waals surface area contributed by atoms with Crippen molar-refractivity contribution in [3.05, 3.63) is 103 Å². The van der Waals surface area contributed by atoms with Crippen molar-refractivity contribution in [1.82, 2.24) is 15.0 Å². The molecule has 0 spiro atoms. The van der Waals surface area contributed by atoms with Gasteiger partial charge in [0.2, 0.25) is 0 Å². The summed E-state index contributed by atoms with van der Waals surface area (Å²) in [6, 6.07) is 16.8. The number of pyridine rings is 2. The second-order valence-electron chi connectivity index (χ2n) is 7.19. The molecule has 3 heterocycles. The van der Waals surface area contributed by atoms with Gasteiger partial charge < -0.3 is 15.0 Å². The molecule has 0 bridgehead atoms. The molecule has 0 radical (unpaired) electrons. The van der Waals surface area contributed by atoms with Crippen LogP contribution in [-0.2, 0) is 0 Å². The maximum absolute atomic E-state index is 14.6. The molecule has 8 heteroatoms. The van der Waals surface area contributed by atoms with E-state index in [0.29, 0.717) is 11.4 Å². The van der Waals surface area contributed by atoms with E-state index >= 15 is 0 Å². The lowest BCUT2D eigenvalue weighted by molar-refractivity contribution is 0.102. The van der Waals surface area contributed by atoms with Gasteiger partial charge in [0.05, 0.1) is 5.39 Å². The van der Waals surface area contributed by atoms with E-state index in [-0.39, 0.29) is 22.9 Å². The number of fused-ring (bicyclic) bond motifs is 1. The number of hydrogen-bond donors (Lipinski definition) is 2. The zero-order valence-electron chi connectivity index (χ0n) is 17.0. The molecule has 3 aromatic heterocycles. The number of nitrogens with one attached hydrogen (secondary N) is 2. The number of rotatable bonds is 5. The summed E-state index contributed by atoms with van der Waals surface area (Å²) >= 11 is 0. The highest BCUT2D eigenvalue weighted by Crippen LogP contribution is 2.31. The lowest BCUT2D eigenvalue weighted by Crippen LogP contribution is -2.13. The fourth-order valence-corrected chi connectivity index (χ4v) is 3.34. The molecule has 0 saturated carbocycles. The molecule has 33 heavy (non-hydrogen) atoms. The van der Waals surface area contributed by atoms with Crippen LogP contribution in [0.2, 0.25) is 0 Å². The summed E-state index contributed by atoms with van der Waals surface area (Å²) in [7, 11) is 0. The maximum Gasteiger partial charge on any atom is 0.274 e. The Kier molecular flexibility index (Phi) is 5.24. The van der Waals surface area contributed by atoms with E-state index in [9.17, 15) is 13.6 Å². The van der Waals surface area contributed by atoms with Gasteiger partial charge in [0.15, 0.2) is 11.6 Å². The van der Waals surface area contributed by atoms with Crippen molar-refractivity contribution in [2.75, 3.05) is 5.32 Å². The minimum Gasteiger partial charge on any atom is -0.453 e. The number of halogens is 2. The van der Waals surface area contributed by atoms with E-state index in [4.69, 9.17) is 4.74 Å². The van der Waals surface area contributed by atoms with Crippen LogP contribution < -0.4 is 10.1 Å². The average molecular weight is 442 g/mol. The first-order valence-electron chi connectivity index (χ1n) is 10.00. The van der Waals surface area contributed by atoms with Crippen LogP contribution in [0.1, 0.15) is 10.5 Å². The summed E-state index contributed by atoms with van der Waals surface area (Å²) in [5.74, 6) is -0.972. The van der Waals surface area contributed by atoms with Gasteiger partial charge in [-0.2, -0.15) is 0 Å². The number of aromatic amines is 1. The predicted octanol–water partition coefficient (Wildman–Crippen LogP) is 5.95. The predicted molar refractivity (Wildman–Crippen MR) is 120 cm³/mol. The fourth-order valence-electron chi connectivity index (χ4n) is 3.34. The number of carbonyl (C=O) groups is 1. The Hall–Kier alpha value is -4.59. The lowest BCUT2D eigenvalue weighted by atomic mass is 10.1. The van der Waals surface area contributed by atoms with Gasteiger partial charge in [-0.3, -0.25) is 9.78 Å². The Morgan fingerprint density at radius 1 is 0.879 bits per heavy atom. The first-order valence-corrected chi connectivity index (χ1v) is 10.00. The second-order valence-corrected chi connectivity index (χ2v) is 7.19. The van der Waals surface area contributed by atoms with Gasteiger partial charge in [-0.1, -0.05) is 18.2 Å². The van der Waals surface area contributed by atoms with Crippen molar-refractivity contribution >= 4 is 22.6 Å². The number of aromatic nitrogens is 3. The highest BCUT2D eigenvalue weighted by molar-refractivity contribution is 6.03. The number of anilines is 1. The molecule has 0 aliphatic rings. The number of hydrogen-bond acceptors (Lipinski definition) is 4. The summed E-state index contributed by atoms with van der Waals surface area (Å²) in [6.45, 7) is 0. The van der Waals surface area contributed by atoms with E-state index in [2.05, 4.69) is 20.3 Å². The zero-order chi connectivity index (χ0) is 22.8. The normalized spacial score (nSPS) is 10.8. The van der Waals surface area contributed by atoms with Gasteiger partial charge in [0.1, 0.15) is 22.9 Å². The summed E-state index contributed by atoms with van der Waals surface area (Å²) in [4.78, 5) is 23.8. The summed E-state index contributed by atoms with van der Waals surface area (Å²) in [6.07, 6.45) is 4.81. The Bertz CT molecular complexity index is 1450. The molecule has 5 rings (SSSR count). The van der Waals surface area contributed by atoms with Crippen LogP contribution in [0.4, 0.5) is 14.5 Å². The number of amides is 1. The molecule has 0 fully saturated rings. The second kappa shape index (κ2) is 8.51. The summed E-state index contributed by atoms with van der Waals surface area (Å²) < 4.78 is 33.4. The third-order valence-corrected chi connectivity index (χ3v) is 5.00. The van der Waals surface area contributed by atoms with E-state index in [1.807, 2.05) is 0 Å². The van der Waals surface area contributed by atoms with Crippen LogP contribution >= 0.6 is 0 Å². The summed E-state index contributed by atoms with van der Waals surface area (Å²) in [5, 5.41) is 3.35. The molecule has 0 aliphatic heterocycles. The monoisotopic (exact) mass is 442 g/mol. The van der Waals surface area contributed by atoms with Crippen molar-refractivity contribution < 1.29 is 18.3 Å². The molecule has 0 aliphatic carbocycles. The van der Waals surface area contributed by atoms with Crippen LogP contribution in [0.15, 0.2) is 85.3 Å². The van der Waals surface area contributed by atoms with Crippen molar-refractivity contribution in [1.29, 1.82) is 0 Å². The van der Waals surface area contributed by atoms with Crippen LogP contribution in [0.25, 0.3) is 22.2 Å². The minimum atomic E-state index is -0.632. The van der Waals surface area contributed by atoms with Crippen LogP contribution in [0.3, 0.4) is 0 Å². The first-order chi connectivity index (χ1) is 16.1. The van der Waals surface area contributed by atoms with E-state index in [1.165, 1.54) is 30.5 Å². The lowest BCUT2D eigenvalue weighted by Gasteiger charge is -2.10. The van der Waals surface area contributed by atoms with E-state index < -0.39 is 11.7 Å². The average Bonchev–Trinajstić information content (AvgIpc) is 3.31. The van der Waals surface area contributed by atoms with Gasteiger partial charge in [0.25, 0.3) is 5.91 Å². The Morgan fingerprint density at radius 3 is 2.45 bits per heavy atom. The molecule has 6 nitrogen and oxygen atoms in total. The molecule has 5 aromatic rings. The SMILES string of the molecule is O=C(Nc1ccc(Oc2ccnc3[nH]ccc23)c(F)c1)c1ccc(-c2ccc(F)cc2)cn1. The van der Waals surface area contributed by atoms with Gasteiger partial charge in [-0.15, -0.1) is 0 Å². The maximum atomic E-state index is 14.6.